The highest BCUT2D eigenvalue weighted by molar-refractivity contribution is 5.99. The minimum Gasteiger partial charge on any atom is -0.478 e. The van der Waals surface area contributed by atoms with Crippen molar-refractivity contribution in [2.24, 2.45) is 0 Å². The van der Waals surface area contributed by atoms with E-state index in [0.717, 1.165) is 0 Å². The predicted octanol–water partition coefficient (Wildman–Crippen LogP) is 1.62. The van der Waals surface area contributed by atoms with Crippen LogP contribution in [0.2, 0.25) is 0 Å². The van der Waals surface area contributed by atoms with Crippen LogP contribution in [0.1, 0.15) is 24.2 Å². The fraction of sp³-hybridized carbons (Fsp3) is 0.385. The molecule has 1 aromatic rings. The van der Waals surface area contributed by atoms with Crippen LogP contribution in [0.4, 0.5) is 10.5 Å². The summed E-state index contributed by atoms with van der Waals surface area (Å²) in [4.78, 5) is 24.2. The second-order valence-corrected chi connectivity index (χ2v) is 4.95. The first kappa shape index (κ1) is 15.0. The quantitative estimate of drug-likeness (QED) is 0.772. The maximum absolute atomic E-state index is 11.9. The molecule has 0 fully saturated rings. The summed E-state index contributed by atoms with van der Waals surface area (Å²) < 4.78 is 0. The molecule has 3 N–H and O–H groups in total. The van der Waals surface area contributed by atoms with Gasteiger partial charge < -0.3 is 20.4 Å². The molecule has 104 valence electrons. The zero-order valence-electron chi connectivity index (χ0n) is 11.2. The normalized spacial score (nSPS) is 10.9. The van der Waals surface area contributed by atoms with Gasteiger partial charge in [0, 0.05) is 7.05 Å². The highest BCUT2D eigenvalue weighted by Gasteiger charge is 2.20. The van der Waals surface area contributed by atoms with E-state index in [-0.39, 0.29) is 17.8 Å². The number of urea groups is 1. The fourth-order valence-electron chi connectivity index (χ4n) is 1.64. The van der Waals surface area contributed by atoms with Gasteiger partial charge in [-0.15, -0.1) is 0 Å². The third-order valence-electron chi connectivity index (χ3n) is 2.37. The van der Waals surface area contributed by atoms with E-state index in [1.807, 2.05) is 0 Å². The van der Waals surface area contributed by atoms with Gasteiger partial charge in [0.25, 0.3) is 0 Å². The van der Waals surface area contributed by atoms with Crippen LogP contribution in [-0.4, -0.2) is 46.3 Å². The van der Waals surface area contributed by atoms with Crippen molar-refractivity contribution in [1.82, 2.24) is 4.90 Å². The molecule has 0 aromatic heterocycles. The smallest absolute Gasteiger partial charge is 0.337 e. The van der Waals surface area contributed by atoms with Crippen LogP contribution < -0.4 is 5.32 Å². The Bertz CT molecular complexity index is 480. The summed E-state index contributed by atoms with van der Waals surface area (Å²) >= 11 is 0. The minimum atomic E-state index is -1.11. The number of hydrogen-bond acceptors (Lipinski definition) is 3. The van der Waals surface area contributed by atoms with Crippen molar-refractivity contribution in [1.29, 1.82) is 0 Å². The first-order valence-electron chi connectivity index (χ1n) is 5.77. The maximum Gasteiger partial charge on any atom is 0.337 e. The molecule has 2 amide bonds. The van der Waals surface area contributed by atoms with Gasteiger partial charge in [0.2, 0.25) is 0 Å². The second kappa shape index (κ2) is 5.71. The standard InChI is InChI=1S/C13H18N2O4/c1-13(2,19)8-15(3)12(18)14-10-7-5-4-6-9(10)11(16)17/h4-7,19H,8H2,1-3H3,(H,14,18)(H,16,17). The predicted molar refractivity (Wildman–Crippen MR) is 71.3 cm³/mol. The molecule has 0 heterocycles. The summed E-state index contributed by atoms with van der Waals surface area (Å²) in [5.74, 6) is -1.11. The lowest BCUT2D eigenvalue weighted by Crippen LogP contribution is -2.41. The molecule has 1 aromatic carbocycles. The first-order chi connectivity index (χ1) is 8.70. The lowest BCUT2D eigenvalue weighted by atomic mass is 10.1. The molecule has 0 spiro atoms. The number of aliphatic hydroxyl groups is 1. The Morgan fingerprint density at radius 1 is 1.32 bits per heavy atom. The molecular weight excluding hydrogens is 248 g/mol. The number of nitrogens with one attached hydrogen (secondary N) is 1. The lowest BCUT2D eigenvalue weighted by molar-refractivity contribution is 0.0550. The van der Waals surface area contributed by atoms with Crippen LogP contribution in [0.3, 0.4) is 0 Å². The average Bonchev–Trinajstić information content (AvgIpc) is 2.27. The second-order valence-electron chi connectivity index (χ2n) is 4.95. The van der Waals surface area contributed by atoms with Gasteiger partial charge >= 0.3 is 12.0 Å². The van der Waals surface area contributed by atoms with Crippen molar-refractivity contribution in [3.8, 4) is 0 Å². The Morgan fingerprint density at radius 3 is 2.42 bits per heavy atom. The van der Waals surface area contributed by atoms with Crippen LogP contribution >= 0.6 is 0 Å². The first-order valence-corrected chi connectivity index (χ1v) is 5.77. The van der Waals surface area contributed by atoms with Crippen LogP contribution in [0, 0.1) is 0 Å². The molecular formula is C13H18N2O4. The Kier molecular flexibility index (Phi) is 4.50. The summed E-state index contributed by atoms with van der Waals surface area (Å²) in [6, 6.07) is 5.67. The molecule has 6 heteroatoms. The zero-order chi connectivity index (χ0) is 14.6. The minimum absolute atomic E-state index is 0.0208. The van der Waals surface area contributed by atoms with Crippen LogP contribution in [0.5, 0.6) is 0 Å². The van der Waals surface area contributed by atoms with Gasteiger partial charge in [0.05, 0.1) is 23.4 Å². The number of carboxylic acids is 1. The van der Waals surface area contributed by atoms with Crippen molar-refractivity contribution in [3.05, 3.63) is 29.8 Å². The molecule has 1 rings (SSSR count). The monoisotopic (exact) mass is 266 g/mol. The van der Waals surface area contributed by atoms with E-state index < -0.39 is 17.6 Å². The van der Waals surface area contributed by atoms with Crippen molar-refractivity contribution in [3.63, 3.8) is 0 Å². The zero-order valence-corrected chi connectivity index (χ0v) is 11.2. The molecule has 0 aliphatic carbocycles. The summed E-state index contributed by atoms with van der Waals surface area (Å²) in [6.45, 7) is 3.30. The van der Waals surface area contributed by atoms with Gasteiger partial charge in [0.1, 0.15) is 0 Å². The van der Waals surface area contributed by atoms with Gasteiger partial charge in [-0.05, 0) is 26.0 Å². The number of carbonyl (C=O) groups excluding carboxylic acids is 1. The van der Waals surface area contributed by atoms with Crippen molar-refractivity contribution >= 4 is 17.7 Å². The van der Waals surface area contributed by atoms with E-state index >= 15 is 0 Å². The molecule has 0 atom stereocenters. The number of hydrogen-bond donors (Lipinski definition) is 3. The Hall–Kier alpha value is -2.08. The average molecular weight is 266 g/mol. The third kappa shape index (κ3) is 4.59. The van der Waals surface area contributed by atoms with Crippen molar-refractivity contribution in [2.45, 2.75) is 19.4 Å². The number of anilines is 1. The number of likely N-dealkylation sites (N-methyl/N-ethyl adjacent to an activating group) is 1. The molecule has 0 unspecified atom stereocenters. The lowest BCUT2D eigenvalue weighted by Gasteiger charge is -2.25. The SMILES string of the molecule is CN(CC(C)(C)O)C(=O)Nc1ccccc1C(=O)O. The number of para-hydroxylation sites is 1. The van der Waals surface area contributed by atoms with Crippen molar-refractivity contribution < 1.29 is 19.8 Å². The van der Waals surface area contributed by atoms with Gasteiger partial charge in [-0.2, -0.15) is 0 Å². The van der Waals surface area contributed by atoms with E-state index in [4.69, 9.17) is 5.11 Å². The number of amides is 2. The van der Waals surface area contributed by atoms with E-state index in [1.165, 1.54) is 24.1 Å². The van der Waals surface area contributed by atoms with E-state index in [1.54, 1.807) is 26.0 Å². The topological polar surface area (TPSA) is 89.9 Å². The summed E-state index contributed by atoms with van der Waals surface area (Å²) in [5, 5.41) is 21.1. The Labute approximate surface area is 111 Å². The van der Waals surface area contributed by atoms with Gasteiger partial charge in [-0.25, -0.2) is 9.59 Å². The number of nitrogens with zero attached hydrogens (tertiary/aromatic N) is 1. The van der Waals surface area contributed by atoms with Crippen LogP contribution in [0.25, 0.3) is 0 Å². The van der Waals surface area contributed by atoms with Crippen LogP contribution in [-0.2, 0) is 0 Å². The van der Waals surface area contributed by atoms with Gasteiger partial charge in [-0.1, -0.05) is 12.1 Å². The van der Waals surface area contributed by atoms with Gasteiger partial charge in [0.15, 0.2) is 0 Å². The molecule has 0 aliphatic heterocycles. The fourth-order valence-corrected chi connectivity index (χ4v) is 1.64. The van der Waals surface area contributed by atoms with E-state index in [9.17, 15) is 14.7 Å². The number of carboxylic acid groups (broad SMARTS) is 1. The van der Waals surface area contributed by atoms with E-state index in [0.29, 0.717) is 0 Å². The molecule has 0 aliphatic rings. The highest BCUT2D eigenvalue weighted by atomic mass is 16.4. The number of benzene rings is 1. The summed E-state index contributed by atoms with van der Waals surface area (Å²) in [5.41, 5.74) is -0.770. The molecule has 0 radical (unpaired) electrons. The molecule has 0 saturated carbocycles. The molecule has 19 heavy (non-hydrogen) atoms. The van der Waals surface area contributed by atoms with Gasteiger partial charge in [-0.3, -0.25) is 0 Å². The number of rotatable bonds is 4. The largest absolute Gasteiger partial charge is 0.478 e. The third-order valence-corrected chi connectivity index (χ3v) is 2.37. The molecule has 0 bridgehead atoms. The summed E-state index contributed by atoms with van der Waals surface area (Å²) in [6.07, 6.45) is 0. The Balaban J connectivity index is 2.80. The van der Waals surface area contributed by atoms with Crippen LogP contribution in [0.15, 0.2) is 24.3 Å². The molecule has 6 nitrogen and oxygen atoms in total. The number of carbonyl (C=O) groups is 2. The summed E-state index contributed by atoms with van der Waals surface area (Å²) in [7, 11) is 1.52. The maximum atomic E-state index is 11.9. The van der Waals surface area contributed by atoms with E-state index in [2.05, 4.69) is 5.32 Å². The highest BCUT2D eigenvalue weighted by Crippen LogP contribution is 2.15. The Morgan fingerprint density at radius 2 is 1.89 bits per heavy atom. The number of aromatic carboxylic acids is 1. The van der Waals surface area contributed by atoms with Crippen molar-refractivity contribution in [2.75, 3.05) is 18.9 Å². The molecule has 0 saturated heterocycles.